The van der Waals surface area contributed by atoms with Gasteiger partial charge in [-0.15, -0.1) is 0 Å². The maximum atomic E-state index is 12.3. The lowest BCUT2D eigenvalue weighted by Gasteiger charge is -2.10. The highest BCUT2D eigenvalue weighted by Gasteiger charge is 2.14. The van der Waals surface area contributed by atoms with Crippen LogP contribution < -0.4 is 0 Å². The lowest BCUT2D eigenvalue weighted by atomic mass is 9.98. The lowest BCUT2D eigenvalue weighted by molar-refractivity contribution is 0.0880. The molecule has 1 unspecified atom stereocenters. The minimum atomic E-state index is -0.766. The Morgan fingerprint density at radius 1 is 0.739 bits per heavy atom. The van der Waals surface area contributed by atoms with E-state index in [0.717, 1.165) is 16.7 Å². The number of hydrogen-bond donors (Lipinski definition) is 1. The Morgan fingerprint density at radius 3 is 1.87 bits per heavy atom. The molecule has 0 aromatic heterocycles. The fraction of sp³-hybridized carbons (Fsp3) is 0.0952. The van der Waals surface area contributed by atoms with Gasteiger partial charge in [-0.05, 0) is 16.7 Å². The van der Waals surface area contributed by atoms with Gasteiger partial charge in [0.2, 0.25) is 0 Å². The zero-order valence-electron chi connectivity index (χ0n) is 12.7. The molecule has 0 heterocycles. The van der Waals surface area contributed by atoms with Crippen molar-refractivity contribution in [2.75, 3.05) is 0 Å². The molecule has 2 heteroatoms. The first-order valence-corrected chi connectivity index (χ1v) is 7.66. The molecule has 0 fully saturated rings. The van der Waals surface area contributed by atoms with Crippen LogP contribution in [0.5, 0.6) is 0 Å². The Kier molecular flexibility index (Phi) is 4.65. The Labute approximate surface area is 136 Å². The summed E-state index contributed by atoms with van der Waals surface area (Å²) in [5, 5.41) is 10.2. The molecule has 3 aromatic rings. The molecule has 3 aromatic carbocycles. The van der Waals surface area contributed by atoms with Gasteiger partial charge < -0.3 is 5.11 Å². The smallest absolute Gasteiger partial charge is 0.165 e. The van der Waals surface area contributed by atoms with Crippen LogP contribution in [0.25, 0.3) is 11.1 Å². The third-order valence-electron chi connectivity index (χ3n) is 3.88. The molecule has 1 N–H and O–H groups in total. The van der Waals surface area contributed by atoms with Crippen molar-refractivity contribution in [2.45, 2.75) is 12.5 Å². The number of benzene rings is 3. The minimum Gasteiger partial charge on any atom is -0.388 e. The first-order valence-electron chi connectivity index (χ1n) is 7.66. The molecular formula is C21H18O2. The number of hydrogen-bond acceptors (Lipinski definition) is 2. The molecular weight excluding hydrogens is 284 g/mol. The molecule has 0 saturated carbocycles. The highest BCUT2D eigenvalue weighted by molar-refractivity contribution is 5.96. The molecule has 0 spiro atoms. The van der Waals surface area contributed by atoms with Gasteiger partial charge in [0, 0.05) is 12.0 Å². The number of ketones is 1. The van der Waals surface area contributed by atoms with Crippen molar-refractivity contribution in [1.82, 2.24) is 0 Å². The molecule has 0 bridgehead atoms. The summed E-state index contributed by atoms with van der Waals surface area (Å²) in [5.74, 6) is -0.0547. The topological polar surface area (TPSA) is 37.3 Å². The van der Waals surface area contributed by atoms with Crippen LogP contribution in [0.15, 0.2) is 84.9 Å². The van der Waals surface area contributed by atoms with E-state index in [2.05, 4.69) is 0 Å². The van der Waals surface area contributed by atoms with E-state index >= 15 is 0 Å². The molecule has 0 aliphatic carbocycles. The van der Waals surface area contributed by atoms with Gasteiger partial charge in [-0.2, -0.15) is 0 Å². The first kappa shape index (κ1) is 15.2. The predicted octanol–water partition coefficient (Wildman–Crippen LogP) is 4.66. The average molecular weight is 302 g/mol. The van der Waals surface area contributed by atoms with E-state index in [1.807, 2.05) is 84.9 Å². The van der Waals surface area contributed by atoms with Gasteiger partial charge in [0.15, 0.2) is 5.78 Å². The van der Waals surface area contributed by atoms with E-state index in [9.17, 15) is 9.90 Å². The normalized spacial score (nSPS) is 11.9. The molecule has 0 aliphatic rings. The monoisotopic (exact) mass is 302 g/mol. The van der Waals surface area contributed by atoms with Crippen molar-refractivity contribution in [2.24, 2.45) is 0 Å². The van der Waals surface area contributed by atoms with Gasteiger partial charge in [0.1, 0.15) is 0 Å². The Hall–Kier alpha value is -2.71. The summed E-state index contributed by atoms with van der Waals surface area (Å²) < 4.78 is 0. The van der Waals surface area contributed by atoms with Gasteiger partial charge in [-0.25, -0.2) is 0 Å². The van der Waals surface area contributed by atoms with Crippen molar-refractivity contribution in [3.05, 3.63) is 96.1 Å². The van der Waals surface area contributed by atoms with Crippen LogP contribution in [0, 0.1) is 0 Å². The number of rotatable bonds is 5. The van der Waals surface area contributed by atoms with E-state index in [1.165, 1.54) is 0 Å². The fourth-order valence-electron chi connectivity index (χ4n) is 2.57. The van der Waals surface area contributed by atoms with Gasteiger partial charge in [0.25, 0.3) is 0 Å². The van der Waals surface area contributed by atoms with Crippen LogP contribution >= 0.6 is 0 Å². The fourth-order valence-corrected chi connectivity index (χ4v) is 2.57. The number of aliphatic hydroxyl groups is 1. The summed E-state index contributed by atoms with van der Waals surface area (Å²) >= 11 is 0. The van der Waals surface area contributed by atoms with Crippen LogP contribution in [0.1, 0.15) is 28.4 Å². The van der Waals surface area contributed by atoms with E-state index < -0.39 is 6.10 Å². The maximum absolute atomic E-state index is 12.3. The standard InChI is InChI=1S/C21H18O2/c22-20(18-9-5-2-6-10-18)15-21(23)19-13-11-17(12-14-19)16-7-3-1-4-8-16/h1-14,20,22H,15H2. The highest BCUT2D eigenvalue weighted by Crippen LogP contribution is 2.22. The zero-order chi connectivity index (χ0) is 16.1. The third kappa shape index (κ3) is 3.74. The van der Waals surface area contributed by atoms with Crippen molar-refractivity contribution >= 4 is 5.78 Å². The van der Waals surface area contributed by atoms with E-state index in [4.69, 9.17) is 0 Å². The van der Waals surface area contributed by atoms with Crippen molar-refractivity contribution in [3.8, 4) is 11.1 Å². The summed E-state index contributed by atoms with van der Waals surface area (Å²) in [6.07, 6.45) is -0.674. The average Bonchev–Trinajstić information content (AvgIpc) is 2.63. The zero-order valence-corrected chi connectivity index (χ0v) is 12.7. The van der Waals surface area contributed by atoms with E-state index in [1.54, 1.807) is 0 Å². The third-order valence-corrected chi connectivity index (χ3v) is 3.88. The summed E-state index contributed by atoms with van der Waals surface area (Å²) in [6, 6.07) is 26.8. The van der Waals surface area contributed by atoms with Crippen LogP contribution in [-0.2, 0) is 0 Å². The number of aliphatic hydroxyl groups excluding tert-OH is 1. The molecule has 114 valence electrons. The van der Waals surface area contributed by atoms with Gasteiger partial charge >= 0.3 is 0 Å². The molecule has 0 aliphatic heterocycles. The Morgan fingerprint density at radius 2 is 1.26 bits per heavy atom. The summed E-state index contributed by atoms with van der Waals surface area (Å²) in [6.45, 7) is 0. The van der Waals surface area contributed by atoms with Gasteiger partial charge in [0.05, 0.1) is 6.10 Å². The second-order valence-corrected chi connectivity index (χ2v) is 5.50. The molecule has 2 nitrogen and oxygen atoms in total. The highest BCUT2D eigenvalue weighted by atomic mass is 16.3. The van der Waals surface area contributed by atoms with Gasteiger partial charge in [-0.1, -0.05) is 84.9 Å². The minimum absolute atomic E-state index is 0.0547. The van der Waals surface area contributed by atoms with Crippen LogP contribution in [0.2, 0.25) is 0 Å². The molecule has 0 amide bonds. The Bertz CT molecular complexity index is 762. The van der Waals surface area contributed by atoms with Crippen molar-refractivity contribution < 1.29 is 9.90 Å². The molecule has 0 radical (unpaired) electrons. The van der Waals surface area contributed by atoms with Crippen molar-refractivity contribution in [1.29, 1.82) is 0 Å². The second-order valence-electron chi connectivity index (χ2n) is 5.50. The van der Waals surface area contributed by atoms with Crippen LogP contribution in [0.3, 0.4) is 0 Å². The number of Topliss-reactive ketones (excluding diaryl/α,β-unsaturated/α-hetero) is 1. The van der Waals surface area contributed by atoms with Crippen LogP contribution in [-0.4, -0.2) is 10.9 Å². The Balaban J connectivity index is 1.71. The summed E-state index contributed by atoms with van der Waals surface area (Å²) in [4.78, 5) is 12.3. The first-order chi connectivity index (χ1) is 11.2. The summed E-state index contributed by atoms with van der Waals surface area (Å²) in [7, 11) is 0. The number of carbonyl (C=O) groups excluding carboxylic acids is 1. The summed E-state index contributed by atoms with van der Waals surface area (Å²) in [5.41, 5.74) is 3.59. The number of carbonyl (C=O) groups is 1. The lowest BCUT2D eigenvalue weighted by Crippen LogP contribution is -2.07. The largest absolute Gasteiger partial charge is 0.388 e. The quantitative estimate of drug-likeness (QED) is 0.696. The van der Waals surface area contributed by atoms with E-state index in [0.29, 0.717) is 5.56 Å². The predicted molar refractivity (Wildman–Crippen MR) is 92.2 cm³/mol. The SMILES string of the molecule is O=C(CC(O)c1ccccc1)c1ccc(-c2ccccc2)cc1. The molecule has 1 atom stereocenters. The molecule has 23 heavy (non-hydrogen) atoms. The molecule has 3 rings (SSSR count). The second kappa shape index (κ2) is 7.03. The van der Waals surface area contributed by atoms with Crippen molar-refractivity contribution in [3.63, 3.8) is 0 Å². The maximum Gasteiger partial charge on any atom is 0.165 e. The van der Waals surface area contributed by atoms with E-state index in [-0.39, 0.29) is 12.2 Å². The van der Waals surface area contributed by atoms with Crippen LogP contribution in [0.4, 0.5) is 0 Å². The molecule has 0 saturated heterocycles. The van der Waals surface area contributed by atoms with Gasteiger partial charge in [-0.3, -0.25) is 4.79 Å².